The number of amides is 3. The number of fused-ring (bicyclic) bond motifs is 1. The summed E-state index contributed by atoms with van der Waals surface area (Å²) < 4.78 is 0. The molecule has 3 N–H and O–H groups in total. The molecular weight excluding hydrogens is 356 g/mol. The molecule has 0 radical (unpaired) electrons. The van der Waals surface area contributed by atoms with Gasteiger partial charge in [0.1, 0.15) is 6.04 Å². The van der Waals surface area contributed by atoms with Crippen molar-refractivity contribution in [2.45, 2.75) is 51.7 Å². The molecule has 1 aromatic carbocycles. The molecule has 0 aliphatic carbocycles. The largest absolute Gasteiger partial charge is 0.330 e. The van der Waals surface area contributed by atoms with Crippen molar-refractivity contribution in [3.63, 3.8) is 0 Å². The Morgan fingerprint density at radius 1 is 1.29 bits per heavy atom. The van der Waals surface area contributed by atoms with Crippen LogP contribution in [0.3, 0.4) is 0 Å². The normalized spacial score (nSPS) is 28.0. The summed E-state index contributed by atoms with van der Waals surface area (Å²) in [5.74, 6) is -0.738. The van der Waals surface area contributed by atoms with Gasteiger partial charge in [-0.15, -0.1) is 0 Å². The molecule has 0 bridgehead atoms. The van der Waals surface area contributed by atoms with Gasteiger partial charge >= 0.3 is 0 Å². The molecule has 0 aromatic heterocycles. The van der Waals surface area contributed by atoms with Crippen LogP contribution in [0.1, 0.15) is 54.1 Å². The van der Waals surface area contributed by atoms with Crippen LogP contribution in [0.2, 0.25) is 0 Å². The lowest BCUT2D eigenvalue weighted by Crippen LogP contribution is -2.52. The third kappa shape index (κ3) is 3.44. The first-order valence-electron chi connectivity index (χ1n) is 10.1. The Labute approximate surface area is 165 Å². The molecular formula is C21H28N4O3. The summed E-state index contributed by atoms with van der Waals surface area (Å²) in [6, 6.07) is 5.29. The average Bonchev–Trinajstić information content (AvgIpc) is 3.17. The van der Waals surface area contributed by atoms with Crippen LogP contribution >= 0.6 is 0 Å². The third-order valence-corrected chi connectivity index (χ3v) is 6.46. The predicted molar refractivity (Wildman–Crippen MR) is 104 cm³/mol. The van der Waals surface area contributed by atoms with Gasteiger partial charge in [-0.3, -0.25) is 24.6 Å². The Morgan fingerprint density at radius 3 is 2.86 bits per heavy atom. The molecule has 2 fully saturated rings. The number of carbonyl (C=O) groups excluding carboxylic acids is 3. The number of rotatable bonds is 5. The van der Waals surface area contributed by atoms with E-state index in [4.69, 9.17) is 5.73 Å². The minimum absolute atomic E-state index is 0.110. The van der Waals surface area contributed by atoms with E-state index in [0.717, 1.165) is 43.6 Å². The van der Waals surface area contributed by atoms with Gasteiger partial charge in [0.25, 0.3) is 5.91 Å². The summed E-state index contributed by atoms with van der Waals surface area (Å²) in [5, 5.41) is 2.36. The highest BCUT2D eigenvalue weighted by molar-refractivity contribution is 6.05. The number of carbonyl (C=O) groups is 3. The summed E-state index contributed by atoms with van der Waals surface area (Å²) in [4.78, 5) is 40.7. The molecule has 3 aliphatic heterocycles. The highest BCUT2D eigenvalue weighted by Crippen LogP contribution is 2.35. The topological polar surface area (TPSA) is 95.7 Å². The van der Waals surface area contributed by atoms with Crippen LogP contribution in [0.4, 0.5) is 0 Å². The minimum atomic E-state index is -0.565. The van der Waals surface area contributed by atoms with Crippen molar-refractivity contribution in [3.05, 3.63) is 34.9 Å². The molecule has 7 heteroatoms. The molecule has 1 aromatic rings. The van der Waals surface area contributed by atoms with Crippen LogP contribution in [0.25, 0.3) is 0 Å². The monoisotopic (exact) mass is 384 g/mol. The van der Waals surface area contributed by atoms with E-state index in [1.165, 1.54) is 0 Å². The second kappa shape index (κ2) is 7.29. The second-order valence-electron chi connectivity index (χ2n) is 8.65. The molecule has 28 heavy (non-hydrogen) atoms. The van der Waals surface area contributed by atoms with Gasteiger partial charge in [0.05, 0.1) is 0 Å². The van der Waals surface area contributed by atoms with Crippen molar-refractivity contribution in [2.75, 3.05) is 19.6 Å². The zero-order valence-corrected chi connectivity index (χ0v) is 16.4. The number of likely N-dealkylation sites (tertiary alicyclic amines) is 1. The van der Waals surface area contributed by atoms with Crippen molar-refractivity contribution in [2.24, 2.45) is 11.1 Å². The minimum Gasteiger partial charge on any atom is -0.330 e. The van der Waals surface area contributed by atoms with Crippen molar-refractivity contribution < 1.29 is 14.4 Å². The molecule has 3 heterocycles. The summed E-state index contributed by atoms with van der Waals surface area (Å²) >= 11 is 0. The molecule has 3 amide bonds. The maximum absolute atomic E-state index is 12.9. The fraction of sp³-hybridized carbons (Fsp3) is 0.571. The van der Waals surface area contributed by atoms with Crippen LogP contribution in [0.15, 0.2) is 18.2 Å². The van der Waals surface area contributed by atoms with E-state index in [1.807, 2.05) is 12.1 Å². The Morgan fingerprint density at radius 2 is 2.11 bits per heavy atom. The van der Waals surface area contributed by atoms with E-state index in [-0.39, 0.29) is 29.6 Å². The summed E-state index contributed by atoms with van der Waals surface area (Å²) in [6.45, 7) is 6.29. The zero-order chi connectivity index (χ0) is 19.9. The number of imide groups is 1. The Kier molecular flexibility index (Phi) is 4.97. The van der Waals surface area contributed by atoms with E-state index in [2.05, 4.69) is 23.2 Å². The fourth-order valence-corrected chi connectivity index (χ4v) is 4.85. The first kappa shape index (κ1) is 19.1. The number of nitrogens with zero attached hydrogens (tertiary/aromatic N) is 2. The van der Waals surface area contributed by atoms with Gasteiger partial charge in [-0.05, 0) is 55.0 Å². The molecule has 2 saturated heterocycles. The summed E-state index contributed by atoms with van der Waals surface area (Å²) in [7, 11) is 0. The van der Waals surface area contributed by atoms with Gasteiger partial charge < -0.3 is 10.6 Å². The van der Waals surface area contributed by atoms with Gasteiger partial charge in [-0.2, -0.15) is 0 Å². The maximum atomic E-state index is 12.9. The maximum Gasteiger partial charge on any atom is 0.255 e. The Hall–Kier alpha value is -2.25. The van der Waals surface area contributed by atoms with E-state index < -0.39 is 6.04 Å². The number of benzene rings is 1. The van der Waals surface area contributed by atoms with E-state index in [0.29, 0.717) is 25.1 Å². The van der Waals surface area contributed by atoms with Crippen molar-refractivity contribution in [1.29, 1.82) is 0 Å². The first-order chi connectivity index (χ1) is 13.4. The van der Waals surface area contributed by atoms with Crippen LogP contribution < -0.4 is 11.1 Å². The van der Waals surface area contributed by atoms with Crippen molar-refractivity contribution >= 4 is 17.7 Å². The van der Waals surface area contributed by atoms with Gasteiger partial charge in [-0.1, -0.05) is 19.1 Å². The Bertz CT molecular complexity index is 824. The average molecular weight is 384 g/mol. The number of hydrogen-bond donors (Lipinski definition) is 2. The number of nitrogens with one attached hydrogen (secondary N) is 1. The van der Waals surface area contributed by atoms with Crippen LogP contribution in [0.5, 0.6) is 0 Å². The molecule has 4 rings (SSSR count). The van der Waals surface area contributed by atoms with Gasteiger partial charge in [0.2, 0.25) is 11.8 Å². The summed E-state index contributed by atoms with van der Waals surface area (Å²) in [5.41, 5.74) is 8.89. The predicted octanol–water partition coefficient (Wildman–Crippen LogP) is 1.01. The number of nitrogens with two attached hydrogens (primary N) is 1. The highest BCUT2D eigenvalue weighted by atomic mass is 16.2. The first-order valence-corrected chi connectivity index (χ1v) is 10.1. The van der Waals surface area contributed by atoms with Crippen LogP contribution in [0, 0.1) is 5.41 Å². The number of piperidine rings is 1. The van der Waals surface area contributed by atoms with E-state index in [1.54, 1.807) is 4.90 Å². The fourth-order valence-electron chi connectivity index (χ4n) is 4.85. The molecule has 7 nitrogen and oxygen atoms in total. The lowest BCUT2D eigenvalue weighted by molar-refractivity contribution is -0.136. The SMILES string of the molecule is CC1(CCN)CCN(Cc2cccc3c2CN(C2CCC(=O)NC2=O)C3=O)C1. The molecule has 0 spiro atoms. The lowest BCUT2D eigenvalue weighted by atomic mass is 9.86. The van der Waals surface area contributed by atoms with Crippen LogP contribution in [-0.4, -0.2) is 53.2 Å². The van der Waals surface area contributed by atoms with Crippen molar-refractivity contribution in [1.82, 2.24) is 15.1 Å². The molecule has 3 aliphatic rings. The van der Waals surface area contributed by atoms with Gasteiger partial charge in [0.15, 0.2) is 0 Å². The molecule has 2 unspecified atom stereocenters. The van der Waals surface area contributed by atoms with E-state index >= 15 is 0 Å². The van der Waals surface area contributed by atoms with Gasteiger partial charge in [0, 0.05) is 31.6 Å². The molecule has 150 valence electrons. The second-order valence-corrected chi connectivity index (χ2v) is 8.65. The summed E-state index contributed by atoms with van der Waals surface area (Å²) in [6.07, 6.45) is 2.83. The standard InChI is InChI=1S/C21H28N4O3/c1-21(7-9-22)8-10-24(13-21)11-14-3-2-4-15-16(14)12-25(20(15)28)17-5-6-18(26)23-19(17)27/h2-4,17H,5-13,22H2,1H3,(H,23,26,27). The van der Waals surface area contributed by atoms with Gasteiger partial charge in [-0.25, -0.2) is 0 Å². The molecule has 2 atom stereocenters. The van der Waals surface area contributed by atoms with E-state index in [9.17, 15) is 14.4 Å². The number of hydrogen-bond acceptors (Lipinski definition) is 5. The third-order valence-electron chi connectivity index (χ3n) is 6.46. The smallest absolute Gasteiger partial charge is 0.255 e. The Balaban J connectivity index is 1.51. The molecule has 0 saturated carbocycles. The quantitative estimate of drug-likeness (QED) is 0.739. The highest BCUT2D eigenvalue weighted by Gasteiger charge is 2.40. The van der Waals surface area contributed by atoms with Crippen molar-refractivity contribution in [3.8, 4) is 0 Å². The van der Waals surface area contributed by atoms with Crippen LogP contribution in [-0.2, 0) is 22.7 Å². The zero-order valence-electron chi connectivity index (χ0n) is 16.4. The lowest BCUT2D eigenvalue weighted by Gasteiger charge is -2.29.